The average Bonchev–Trinajstić information content (AvgIpc) is 2.73. The van der Waals surface area contributed by atoms with Gasteiger partial charge in [-0.2, -0.15) is 10.1 Å². The molecule has 0 radical (unpaired) electrons. The fourth-order valence-corrected chi connectivity index (χ4v) is 3.23. The molecule has 0 unspecified atom stereocenters. The Labute approximate surface area is 176 Å². The van der Waals surface area contributed by atoms with E-state index in [1.54, 1.807) is 19.5 Å². The first kappa shape index (κ1) is 20.6. The zero-order valence-corrected chi connectivity index (χ0v) is 17.7. The van der Waals surface area contributed by atoms with Crippen molar-refractivity contribution in [2.24, 2.45) is 10.8 Å². The van der Waals surface area contributed by atoms with Crippen molar-refractivity contribution in [2.75, 3.05) is 62.1 Å². The number of benzene rings is 1. The van der Waals surface area contributed by atoms with Crippen LogP contribution in [0.25, 0.3) is 0 Å². The molecule has 0 spiro atoms. The van der Waals surface area contributed by atoms with Gasteiger partial charge in [0.15, 0.2) is 5.11 Å². The van der Waals surface area contributed by atoms with Gasteiger partial charge in [-0.25, -0.2) is 4.98 Å². The number of aromatic nitrogens is 2. The minimum atomic E-state index is 0.109. The van der Waals surface area contributed by atoms with Crippen LogP contribution in [0.2, 0.25) is 0 Å². The van der Waals surface area contributed by atoms with Gasteiger partial charge in [-0.15, -0.1) is 0 Å². The number of methoxy groups -OCH3 is 1. The molecular weight excluding hydrogens is 388 g/mol. The SMILES string of the molecule is COc1ccccc1N1CCN(c2ncc(C=NNC(N)=S)c(N(C)C)n2)CC1. The van der Waals surface area contributed by atoms with Crippen LogP contribution in [-0.4, -0.2) is 68.7 Å². The highest BCUT2D eigenvalue weighted by Crippen LogP contribution is 2.29. The van der Waals surface area contributed by atoms with E-state index in [9.17, 15) is 0 Å². The maximum absolute atomic E-state index is 5.49. The molecule has 10 heteroatoms. The molecule has 29 heavy (non-hydrogen) atoms. The largest absolute Gasteiger partial charge is 0.495 e. The quantitative estimate of drug-likeness (QED) is 0.408. The van der Waals surface area contributed by atoms with E-state index >= 15 is 0 Å². The van der Waals surface area contributed by atoms with Crippen LogP contribution in [0.3, 0.4) is 0 Å². The first-order valence-electron chi connectivity index (χ1n) is 9.25. The molecule has 9 nitrogen and oxygen atoms in total. The number of ether oxygens (including phenoxy) is 1. The van der Waals surface area contributed by atoms with Crippen molar-refractivity contribution in [3.63, 3.8) is 0 Å². The first-order chi connectivity index (χ1) is 14.0. The minimum Gasteiger partial charge on any atom is -0.495 e. The molecule has 0 bridgehead atoms. The Morgan fingerprint density at radius 1 is 1.24 bits per heavy atom. The molecule has 1 aliphatic rings. The zero-order chi connectivity index (χ0) is 20.8. The number of hydrogen-bond acceptors (Lipinski definition) is 8. The molecule has 0 amide bonds. The van der Waals surface area contributed by atoms with Gasteiger partial charge in [0.25, 0.3) is 0 Å². The molecule has 1 aromatic heterocycles. The highest BCUT2D eigenvalue weighted by atomic mass is 32.1. The van der Waals surface area contributed by atoms with Crippen molar-refractivity contribution in [3.8, 4) is 5.75 Å². The van der Waals surface area contributed by atoms with E-state index in [-0.39, 0.29) is 5.11 Å². The van der Waals surface area contributed by atoms with Crippen LogP contribution in [0.1, 0.15) is 5.56 Å². The molecule has 0 aliphatic carbocycles. The van der Waals surface area contributed by atoms with Crippen LogP contribution in [0.5, 0.6) is 5.75 Å². The van der Waals surface area contributed by atoms with Gasteiger partial charge in [0.1, 0.15) is 11.6 Å². The monoisotopic (exact) mass is 414 g/mol. The molecule has 1 fully saturated rings. The van der Waals surface area contributed by atoms with Crippen LogP contribution in [0.4, 0.5) is 17.5 Å². The number of thiocarbonyl (C=S) groups is 1. The molecule has 154 valence electrons. The van der Waals surface area contributed by atoms with Crippen LogP contribution in [-0.2, 0) is 0 Å². The molecule has 2 aromatic rings. The second kappa shape index (κ2) is 9.37. The lowest BCUT2D eigenvalue weighted by atomic mass is 10.2. The van der Waals surface area contributed by atoms with Gasteiger partial charge in [-0.3, -0.25) is 5.43 Å². The van der Waals surface area contributed by atoms with Gasteiger partial charge >= 0.3 is 0 Å². The molecule has 1 aromatic carbocycles. The maximum Gasteiger partial charge on any atom is 0.227 e. The predicted molar refractivity (Wildman–Crippen MR) is 121 cm³/mol. The smallest absolute Gasteiger partial charge is 0.227 e. The fourth-order valence-electron chi connectivity index (χ4n) is 3.18. The first-order valence-corrected chi connectivity index (χ1v) is 9.66. The second-order valence-corrected chi connectivity index (χ2v) is 7.16. The standard InChI is InChI=1S/C19H26N8OS/c1-25(2)17-14(13-22-24-18(20)29)12-21-19(23-17)27-10-8-26(9-11-27)15-6-4-5-7-16(15)28-3/h4-7,12-13H,8-11H2,1-3H3,(H3,20,24,29). The Balaban J connectivity index is 1.72. The molecule has 3 N–H and O–H groups in total. The van der Waals surface area contributed by atoms with Gasteiger partial charge < -0.3 is 25.2 Å². The lowest BCUT2D eigenvalue weighted by Crippen LogP contribution is -2.47. The van der Waals surface area contributed by atoms with E-state index in [0.717, 1.165) is 49.0 Å². The van der Waals surface area contributed by atoms with Crippen molar-refractivity contribution < 1.29 is 4.74 Å². The van der Waals surface area contributed by atoms with E-state index < -0.39 is 0 Å². The highest BCUT2D eigenvalue weighted by molar-refractivity contribution is 7.80. The lowest BCUT2D eigenvalue weighted by Gasteiger charge is -2.36. The summed E-state index contributed by atoms with van der Waals surface area (Å²) in [6, 6.07) is 8.09. The number of anilines is 3. The summed E-state index contributed by atoms with van der Waals surface area (Å²) in [4.78, 5) is 15.7. The van der Waals surface area contributed by atoms with Crippen molar-refractivity contribution in [2.45, 2.75) is 0 Å². The Morgan fingerprint density at radius 2 is 1.93 bits per heavy atom. The van der Waals surface area contributed by atoms with Gasteiger partial charge in [-0.05, 0) is 24.4 Å². The highest BCUT2D eigenvalue weighted by Gasteiger charge is 2.22. The van der Waals surface area contributed by atoms with Crippen LogP contribution in [0.15, 0.2) is 35.6 Å². The average molecular weight is 415 g/mol. The Hall–Kier alpha value is -3.14. The third-order valence-corrected chi connectivity index (χ3v) is 4.66. The lowest BCUT2D eigenvalue weighted by molar-refractivity contribution is 0.413. The maximum atomic E-state index is 5.49. The zero-order valence-electron chi connectivity index (χ0n) is 16.9. The number of nitrogens with zero attached hydrogens (tertiary/aromatic N) is 6. The van der Waals surface area contributed by atoms with E-state index in [2.05, 4.69) is 31.4 Å². The van der Waals surface area contributed by atoms with Crippen molar-refractivity contribution in [1.29, 1.82) is 0 Å². The summed E-state index contributed by atoms with van der Waals surface area (Å²) in [6.45, 7) is 3.37. The summed E-state index contributed by atoms with van der Waals surface area (Å²) in [5, 5.41) is 4.12. The number of nitrogens with one attached hydrogen (secondary N) is 1. The third-order valence-electron chi connectivity index (χ3n) is 4.57. The minimum absolute atomic E-state index is 0.109. The van der Waals surface area contributed by atoms with Gasteiger partial charge in [-0.1, -0.05) is 12.1 Å². The molecular formula is C19H26N8OS. The summed E-state index contributed by atoms with van der Waals surface area (Å²) >= 11 is 4.75. The summed E-state index contributed by atoms with van der Waals surface area (Å²) < 4.78 is 5.49. The molecule has 2 heterocycles. The molecule has 1 saturated heterocycles. The van der Waals surface area contributed by atoms with E-state index in [1.165, 1.54) is 0 Å². The van der Waals surface area contributed by atoms with Crippen LogP contribution in [0, 0.1) is 0 Å². The molecule has 0 atom stereocenters. The number of piperazine rings is 1. The number of nitrogens with two attached hydrogens (primary N) is 1. The third kappa shape index (κ3) is 5.02. The molecule has 1 aliphatic heterocycles. The predicted octanol–water partition coefficient (Wildman–Crippen LogP) is 1.04. The summed E-state index contributed by atoms with van der Waals surface area (Å²) in [6.07, 6.45) is 3.37. The Kier molecular flexibility index (Phi) is 6.65. The Morgan fingerprint density at radius 3 is 2.59 bits per heavy atom. The van der Waals surface area contributed by atoms with E-state index in [1.807, 2.05) is 37.2 Å². The fraction of sp³-hybridized carbons (Fsp3) is 0.368. The second-order valence-electron chi connectivity index (χ2n) is 6.72. The number of hydrogen-bond donors (Lipinski definition) is 2. The van der Waals surface area contributed by atoms with Gasteiger partial charge in [0.05, 0.1) is 24.6 Å². The summed E-state index contributed by atoms with van der Waals surface area (Å²) in [7, 11) is 5.57. The van der Waals surface area contributed by atoms with Crippen molar-refractivity contribution in [3.05, 3.63) is 36.0 Å². The van der Waals surface area contributed by atoms with Gasteiger partial charge in [0.2, 0.25) is 5.95 Å². The van der Waals surface area contributed by atoms with Crippen LogP contribution < -0.4 is 30.6 Å². The molecule has 3 rings (SSSR count). The number of para-hydroxylation sites is 2. The van der Waals surface area contributed by atoms with Crippen molar-refractivity contribution in [1.82, 2.24) is 15.4 Å². The van der Waals surface area contributed by atoms with E-state index in [4.69, 9.17) is 27.7 Å². The van der Waals surface area contributed by atoms with Gasteiger partial charge in [0, 0.05) is 46.5 Å². The summed E-state index contributed by atoms with van der Waals surface area (Å²) in [5.41, 5.74) is 9.83. The number of rotatable bonds is 6. The topological polar surface area (TPSA) is 95.1 Å². The van der Waals surface area contributed by atoms with Crippen LogP contribution >= 0.6 is 12.2 Å². The normalized spacial score (nSPS) is 14.2. The van der Waals surface area contributed by atoms with Crippen molar-refractivity contribution >= 4 is 41.0 Å². The Bertz CT molecular complexity index is 880. The van der Waals surface area contributed by atoms with E-state index in [0.29, 0.717) is 5.95 Å². The summed E-state index contributed by atoms with van der Waals surface area (Å²) in [5.74, 6) is 2.37. The molecule has 0 saturated carbocycles. The number of hydrazone groups is 1.